The first-order valence-corrected chi connectivity index (χ1v) is 7.81. The van der Waals surface area contributed by atoms with Gasteiger partial charge in [-0.25, -0.2) is 8.42 Å². The van der Waals surface area contributed by atoms with Gasteiger partial charge in [0.1, 0.15) is 0 Å². The van der Waals surface area contributed by atoms with Crippen molar-refractivity contribution in [3.63, 3.8) is 0 Å². The second-order valence-electron chi connectivity index (χ2n) is 5.75. The Hall–Kier alpha value is -0.130. The van der Waals surface area contributed by atoms with Crippen LogP contribution in [0, 0.1) is 0 Å². The maximum atomic E-state index is 11.9. The molecule has 1 atom stereocenters. The third kappa shape index (κ3) is 5.36. The first-order valence-electron chi connectivity index (χ1n) is 6.16. The van der Waals surface area contributed by atoms with E-state index in [2.05, 4.69) is 5.32 Å². The Morgan fingerprint density at radius 2 is 1.71 bits per heavy atom. The highest BCUT2D eigenvalue weighted by Crippen LogP contribution is 2.17. The zero-order chi connectivity index (χ0) is 13.7. The Kier molecular flexibility index (Phi) is 6.11. The summed E-state index contributed by atoms with van der Waals surface area (Å²) in [6.45, 7) is 9.74. The van der Waals surface area contributed by atoms with Crippen molar-refractivity contribution < 1.29 is 13.5 Å². The summed E-state index contributed by atoms with van der Waals surface area (Å²) < 4.78 is 23.1. The molecular weight excluding hydrogens is 238 g/mol. The number of nitrogens with one attached hydrogen (secondary N) is 1. The molecule has 0 bridgehead atoms. The molecule has 0 aromatic heterocycles. The van der Waals surface area contributed by atoms with Gasteiger partial charge in [-0.1, -0.05) is 6.92 Å². The van der Waals surface area contributed by atoms with Crippen molar-refractivity contribution in [1.29, 1.82) is 0 Å². The predicted molar refractivity (Wildman–Crippen MR) is 71.9 cm³/mol. The second-order valence-corrected chi connectivity index (χ2v) is 8.61. The molecule has 0 aliphatic heterocycles. The van der Waals surface area contributed by atoms with Crippen molar-refractivity contribution in [2.24, 2.45) is 0 Å². The van der Waals surface area contributed by atoms with Crippen LogP contribution in [0.1, 0.15) is 47.5 Å². The molecular formula is C12H27NO3S. The van der Waals surface area contributed by atoms with E-state index in [0.717, 1.165) is 6.42 Å². The van der Waals surface area contributed by atoms with Crippen LogP contribution in [-0.4, -0.2) is 42.7 Å². The summed E-state index contributed by atoms with van der Waals surface area (Å²) in [5.41, 5.74) is -0.178. The van der Waals surface area contributed by atoms with Crippen molar-refractivity contribution in [2.45, 2.75) is 57.7 Å². The monoisotopic (exact) mass is 265 g/mol. The van der Waals surface area contributed by atoms with Gasteiger partial charge in [0.2, 0.25) is 0 Å². The van der Waals surface area contributed by atoms with E-state index >= 15 is 0 Å². The molecule has 0 aliphatic carbocycles. The largest absolute Gasteiger partial charge is 0.396 e. The Balaban J connectivity index is 4.33. The van der Waals surface area contributed by atoms with Crippen LogP contribution in [0.2, 0.25) is 0 Å². The van der Waals surface area contributed by atoms with Gasteiger partial charge in [-0.05, 0) is 40.5 Å². The van der Waals surface area contributed by atoms with Crippen LogP contribution in [0.5, 0.6) is 0 Å². The fourth-order valence-corrected chi connectivity index (χ4v) is 2.41. The first kappa shape index (κ1) is 16.9. The predicted octanol–water partition coefficient (Wildman–Crippen LogP) is 1.34. The van der Waals surface area contributed by atoms with Gasteiger partial charge >= 0.3 is 0 Å². The highest BCUT2D eigenvalue weighted by Gasteiger charge is 2.29. The van der Waals surface area contributed by atoms with Crippen molar-refractivity contribution in [1.82, 2.24) is 5.32 Å². The molecule has 4 nitrogen and oxygen atoms in total. The van der Waals surface area contributed by atoms with Crippen molar-refractivity contribution in [2.75, 3.05) is 18.9 Å². The smallest absolute Gasteiger partial charge is 0.156 e. The molecule has 0 spiro atoms. The topological polar surface area (TPSA) is 66.4 Å². The van der Waals surface area contributed by atoms with E-state index < -0.39 is 14.6 Å². The van der Waals surface area contributed by atoms with Crippen LogP contribution in [0.25, 0.3) is 0 Å². The molecule has 0 heterocycles. The van der Waals surface area contributed by atoms with E-state index in [1.807, 2.05) is 13.8 Å². The third-order valence-corrected chi connectivity index (χ3v) is 5.91. The quantitative estimate of drug-likeness (QED) is 0.729. The summed E-state index contributed by atoms with van der Waals surface area (Å²) in [6.07, 6.45) is 1.50. The van der Waals surface area contributed by atoms with Gasteiger partial charge in [0, 0.05) is 18.7 Å². The lowest BCUT2D eigenvalue weighted by molar-refractivity contribution is 0.218. The van der Waals surface area contributed by atoms with Crippen LogP contribution in [0.15, 0.2) is 0 Å². The average molecular weight is 265 g/mol. The molecule has 0 amide bonds. The zero-order valence-electron chi connectivity index (χ0n) is 11.7. The summed E-state index contributed by atoms with van der Waals surface area (Å²) in [5.74, 6) is 0.136. The minimum Gasteiger partial charge on any atom is -0.396 e. The van der Waals surface area contributed by atoms with Crippen molar-refractivity contribution in [3.05, 3.63) is 0 Å². The molecule has 0 saturated carbocycles. The SMILES string of the molecule is CCC(C)(CCO)NCCS(=O)(=O)C(C)(C)C. The summed E-state index contributed by atoms with van der Waals surface area (Å²) in [5, 5.41) is 12.2. The number of rotatable bonds is 7. The molecule has 0 aromatic carbocycles. The standard InChI is InChI=1S/C12H27NO3S/c1-6-12(5,7-9-14)13-8-10-17(15,16)11(2,3)4/h13-14H,6-10H2,1-5H3. The first-order chi connectivity index (χ1) is 7.58. The van der Waals surface area contributed by atoms with E-state index in [1.165, 1.54) is 0 Å². The molecule has 17 heavy (non-hydrogen) atoms. The molecule has 5 heteroatoms. The molecule has 0 fully saturated rings. The Bertz CT molecular complexity index is 319. The van der Waals surface area contributed by atoms with Crippen LogP contribution >= 0.6 is 0 Å². The van der Waals surface area contributed by atoms with E-state index in [9.17, 15) is 8.42 Å². The molecule has 2 N–H and O–H groups in total. The van der Waals surface area contributed by atoms with Gasteiger partial charge in [0.15, 0.2) is 9.84 Å². The van der Waals surface area contributed by atoms with E-state index in [-0.39, 0.29) is 17.9 Å². The van der Waals surface area contributed by atoms with E-state index in [0.29, 0.717) is 13.0 Å². The van der Waals surface area contributed by atoms with Gasteiger partial charge in [0.05, 0.1) is 10.5 Å². The fourth-order valence-electron chi connectivity index (χ4n) is 1.43. The summed E-state index contributed by atoms with van der Waals surface area (Å²) in [6, 6.07) is 0. The molecule has 0 radical (unpaired) electrons. The number of sulfone groups is 1. The minimum absolute atomic E-state index is 0.114. The highest BCUT2D eigenvalue weighted by molar-refractivity contribution is 7.92. The van der Waals surface area contributed by atoms with Crippen molar-refractivity contribution >= 4 is 9.84 Å². The molecule has 0 rings (SSSR count). The summed E-state index contributed by atoms with van der Waals surface area (Å²) >= 11 is 0. The van der Waals surface area contributed by atoms with Crippen molar-refractivity contribution in [3.8, 4) is 0 Å². The maximum Gasteiger partial charge on any atom is 0.156 e. The maximum absolute atomic E-state index is 11.9. The van der Waals surface area contributed by atoms with Gasteiger partial charge in [-0.3, -0.25) is 0 Å². The number of aliphatic hydroxyl groups is 1. The fraction of sp³-hybridized carbons (Fsp3) is 1.00. The highest BCUT2D eigenvalue weighted by atomic mass is 32.2. The molecule has 0 saturated heterocycles. The van der Waals surface area contributed by atoms with Crippen LogP contribution in [0.3, 0.4) is 0 Å². The minimum atomic E-state index is -3.07. The number of hydrogen-bond donors (Lipinski definition) is 2. The van der Waals surface area contributed by atoms with E-state index in [1.54, 1.807) is 20.8 Å². The number of aliphatic hydroxyl groups excluding tert-OH is 1. The van der Waals surface area contributed by atoms with Gasteiger partial charge in [-0.15, -0.1) is 0 Å². The number of hydrogen-bond acceptors (Lipinski definition) is 4. The lowest BCUT2D eigenvalue weighted by Gasteiger charge is -2.30. The van der Waals surface area contributed by atoms with Crippen LogP contribution < -0.4 is 5.32 Å². The molecule has 0 aliphatic rings. The van der Waals surface area contributed by atoms with Crippen LogP contribution in [0.4, 0.5) is 0 Å². The van der Waals surface area contributed by atoms with Gasteiger partial charge in [0.25, 0.3) is 0 Å². The Morgan fingerprint density at radius 3 is 2.06 bits per heavy atom. The average Bonchev–Trinajstić information content (AvgIpc) is 2.16. The normalized spacial score (nSPS) is 16.8. The second kappa shape index (κ2) is 6.16. The van der Waals surface area contributed by atoms with E-state index in [4.69, 9.17) is 5.11 Å². The Labute approximate surface area is 106 Å². The zero-order valence-corrected chi connectivity index (χ0v) is 12.5. The lowest BCUT2D eigenvalue weighted by atomic mass is 9.95. The summed E-state index contributed by atoms with van der Waals surface area (Å²) in [4.78, 5) is 0. The molecule has 1 unspecified atom stereocenters. The molecule has 0 aromatic rings. The molecule has 104 valence electrons. The summed E-state index contributed by atoms with van der Waals surface area (Å²) in [7, 11) is -3.07. The van der Waals surface area contributed by atoms with Gasteiger partial charge < -0.3 is 10.4 Å². The van der Waals surface area contributed by atoms with Gasteiger partial charge in [-0.2, -0.15) is 0 Å². The lowest BCUT2D eigenvalue weighted by Crippen LogP contribution is -2.46. The third-order valence-electron chi connectivity index (χ3n) is 3.30. The van der Waals surface area contributed by atoms with Crippen LogP contribution in [-0.2, 0) is 9.84 Å². The Morgan fingerprint density at radius 1 is 1.18 bits per heavy atom.